The van der Waals surface area contributed by atoms with Crippen LogP contribution < -0.4 is 0 Å². The third-order valence-electron chi connectivity index (χ3n) is 11.5. The molecule has 188 valence electrons. The lowest BCUT2D eigenvalue weighted by molar-refractivity contribution is -0.0824. The first-order valence-electron chi connectivity index (χ1n) is 14.7. The molecule has 0 saturated heterocycles. The van der Waals surface area contributed by atoms with Gasteiger partial charge in [0.2, 0.25) is 0 Å². The van der Waals surface area contributed by atoms with Crippen molar-refractivity contribution in [1.29, 1.82) is 0 Å². The van der Waals surface area contributed by atoms with Crippen LogP contribution in [0.3, 0.4) is 0 Å². The Labute approximate surface area is 201 Å². The molecule has 1 nitrogen and oxygen atoms in total. The highest BCUT2D eigenvalue weighted by atomic mass is 16.3. The first-order valence-corrected chi connectivity index (χ1v) is 14.7. The average molecular weight is 447 g/mol. The summed E-state index contributed by atoms with van der Waals surface area (Å²) in [5.74, 6) is 7.16. The van der Waals surface area contributed by atoms with Crippen molar-refractivity contribution in [3.05, 3.63) is 0 Å². The van der Waals surface area contributed by atoms with Crippen molar-refractivity contribution in [2.75, 3.05) is 0 Å². The van der Waals surface area contributed by atoms with Gasteiger partial charge in [0.1, 0.15) is 0 Å². The number of hydrogen-bond acceptors (Lipinski definition) is 1. The number of hydrogen-bond donors (Lipinski definition) is 1. The number of fused-ring (bicyclic) bond motifs is 1. The molecule has 0 bridgehead atoms. The molecule has 0 spiro atoms. The highest BCUT2D eigenvalue weighted by Gasteiger charge is 2.58. The van der Waals surface area contributed by atoms with Crippen LogP contribution in [-0.2, 0) is 0 Å². The molecular weight excluding hydrogens is 388 g/mol. The van der Waals surface area contributed by atoms with Gasteiger partial charge in [-0.05, 0) is 111 Å². The lowest BCUT2D eigenvalue weighted by atomic mass is 9.54. The van der Waals surface area contributed by atoms with Crippen LogP contribution in [0.5, 0.6) is 0 Å². The zero-order valence-corrected chi connectivity index (χ0v) is 23.1. The van der Waals surface area contributed by atoms with E-state index in [1.54, 1.807) is 0 Å². The fourth-order valence-corrected chi connectivity index (χ4v) is 9.04. The molecule has 0 aromatic carbocycles. The van der Waals surface area contributed by atoms with Crippen LogP contribution in [0.4, 0.5) is 0 Å². The van der Waals surface area contributed by atoms with Crippen LogP contribution in [0.1, 0.15) is 132 Å². The predicted molar refractivity (Wildman–Crippen MR) is 140 cm³/mol. The second kappa shape index (κ2) is 10.7. The van der Waals surface area contributed by atoms with Crippen LogP contribution in [0.25, 0.3) is 0 Å². The van der Waals surface area contributed by atoms with E-state index in [0.717, 1.165) is 54.3 Å². The molecule has 32 heavy (non-hydrogen) atoms. The SMILES string of the molecule is CCC(C)CCC(C)(O)C(C)C1C(C)CC2C(CCC3CCCC(C)C3)C(C)CCC21C. The number of aliphatic hydroxyl groups is 1. The van der Waals surface area contributed by atoms with Crippen molar-refractivity contribution in [3.8, 4) is 0 Å². The monoisotopic (exact) mass is 446 g/mol. The third kappa shape index (κ3) is 5.60. The van der Waals surface area contributed by atoms with Crippen LogP contribution in [-0.4, -0.2) is 10.7 Å². The molecule has 0 aromatic heterocycles. The van der Waals surface area contributed by atoms with Crippen molar-refractivity contribution < 1.29 is 5.11 Å². The standard InChI is InChI=1S/C31H58O/c1-9-21(2)15-18-31(8,32)25(6)29-24(5)20-28-27(23(4)16-17-30(28,29)7)14-13-26-12-10-11-22(3)19-26/h21-29,32H,9-20H2,1-8H3. The smallest absolute Gasteiger partial charge is 0.0648 e. The Kier molecular flexibility index (Phi) is 8.88. The molecule has 0 aromatic rings. The van der Waals surface area contributed by atoms with E-state index in [1.165, 1.54) is 64.2 Å². The van der Waals surface area contributed by atoms with Gasteiger partial charge in [0.05, 0.1) is 5.60 Å². The van der Waals surface area contributed by atoms with Gasteiger partial charge in [-0.3, -0.25) is 0 Å². The molecule has 0 heterocycles. The Morgan fingerprint density at radius 3 is 2.38 bits per heavy atom. The van der Waals surface area contributed by atoms with Crippen LogP contribution in [0.15, 0.2) is 0 Å². The summed E-state index contributed by atoms with van der Waals surface area (Å²) in [7, 11) is 0. The average Bonchev–Trinajstić information content (AvgIpc) is 3.01. The van der Waals surface area contributed by atoms with Gasteiger partial charge in [0, 0.05) is 0 Å². The molecule has 3 rings (SSSR count). The Hall–Kier alpha value is -0.0400. The summed E-state index contributed by atoms with van der Waals surface area (Å²) >= 11 is 0. The second-order valence-electron chi connectivity index (χ2n) is 13.9. The largest absolute Gasteiger partial charge is 0.390 e. The van der Waals surface area contributed by atoms with Gasteiger partial charge in [0.15, 0.2) is 0 Å². The number of rotatable bonds is 9. The summed E-state index contributed by atoms with van der Waals surface area (Å²) in [4.78, 5) is 0. The Morgan fingerprint density at radius 1 is 1.00 bits per heavy atom. The van der Waals surface area contributed by atoms with Gasteiger partial charge in [-0.15, -0.1) is 0 Å². The third-order valence-corrected chi connectivity index (χ3v) is 11.5. The fraction of sp³-hybridized carbons (Fsp3) is 1.00. The van der Waals surface area contributed by atoms with Crippen LogP contribution in [0, 0.1) is 58.7 Å². The van der Waals surface area contributed by atoms with Crippen LogP contribution in [0.2, 0.25) is 0 Å². The first-order chi connectivity index (χ1) is 15.0. The molecule has 1 heteroatoms. The highest BCUT2D eigenvalue weighted by molar-refractivity contribution is 5.07. The fourth-order valence-electron chi connectivity index (χ4n) is 9.04. The summed E-state index contributed by atoms with van der Waals surface area (Å²) in [6, 6.07) is 0. The summed E-state index contributed by atoms with van der Waals surface area (Å²) < 4.78 is 0. The summed E-state index contributed by atoms with van der Waals surface area (Å²) in [5, 5.41) is 11.6. The maximum atomic E-state index is 11.6. The lowest BCUT2D eigenvalue weighted by Crippen LogP contribution is -2.48. The normalized spacial score (nSPS) is 44.0. The predicted octanol–water partition coefficient (Wildman–Crippen LogP) is 9.13. The first kappa shape index (κ1) is 26.6. The highest BCUT2D eigenvalue weighted by Crippen LogP contribution is 2.64. The zero-order valence-electron chi connectivity index (χ0n) is 23.1. The van der Waals surface area contributed by atoms with Crippen molar-refractivity contribution in [2.45, 2.75) is 138 Å². The van der Waals surface area contributed by atoms with E-state index in [4.69, 9.17) is 0 Å². The maximum Gasteiger partial charge on any atom is 0.0648 e. The summed E-state index contributed by atoms with van der Waals surface area (Å²) in [6.07, 6.45) is 16.4. The summed E-state index contributed by atoms with van der Waals surface area (Å²) in [5.41, 5.74) is -0.104. The topological polar surface area (TPSA) is 20.2 Å². The molecule has 0 radical (unpaired) electrons. The van der Waals surface area contributed by atoms with E-state index >= 15 is 0 Å². The second-order valence-corrected chi connectivity index (χ2v) is 13.9. The Balaban J connectivity index is 1.70. The maximum absolute atomic E-state index is 11.6. The molecule has 3 aliphatic carbocycles. The quantitative estimate of drug-likeness (QED) is 0.374. The zero-order chi connectivity index (χ0) is 23.7. The molecule has 11 unspecified atom stereocenters. The Morgan fingerprint density at radius 2 is 1.72 bits per heavy atom. The van der Waals surface area contributed by atoms with Gasteiger partial charge in [0.25, 0.3) is 0 Å². The van der Waals surface area contributed by atoms with E-state index in [-0.39, 0.29) is 0 Å². The van der Waals surface area contributed by atoms with Gasteiger partial charge in [-0.2, -0.15) is 0 Å². The van der Waals surface area contributed by atoms with Crippen molar-refractivity contribution >= 4 is 0 Å². The molecule has 11 atom stereocenters. The minimum absolute atomic E-state index is 0.393. The van der Waals surface area contributed by atoms with Gasteiger partial charge >= 0.3 is 0 Å². The summed E-state index contributed by atoms with van der Waals surface area (Å²) in [6.45, 7) is 19.4. The molecular formula is C31H58O. The van der Waals surface area contributed by atoms with E-state index in [9.17, 15) is 5.11 Å². The molecule has 0 amide bonds. The van der Waals surface area contributed by atoms with Gasteiger partial charge in [-0.1, -0.05) is 80.6 Å². The van der Waals surface area contributed by atoms with Crippen LogP contribution >= 0.6 is 0 Å². The minimum Gasteiger partial charge on any atom is -0.390 e. The van der Waals surface area contributed by atoms with Crippen molar-refractivity contribution in [1.82, 2.24) is 0 Å². The van der Waals surface area contributed by atoms with E-state index < -0.39 is 5.60 Å². The van der Waals surface area contributed by atoms with E-state index in [0.29, 0.717) is 17.3 Å². The van der Waals surface area contributed by atoms with Crippen molar-refractivity contribution in [3.63, 3.8) is 0 Å². The minimum atomic E-state index is -0.531. The lowest BCUT2D eigenvalue weighted by Gasteiger charge is -2.52. The molecule has 3 aliphatic rings. The Bertz CT molecular complexity index is 581. The van der Waals surface area contributed by atoms with E-state index in [2.05, 4.69) is 55.4 Å². The van der Waals surface area contributed by atoms with Gasteiger partial charge in [-0.25, -0.2) is 0 Å². The molecule has 3 saturated carbocycles. The van der Waals surface area contributed by atoms with Crippen molar-refractivity contribution in [2.24, 2.45) is 58.7 Å². The van der Waals surface area contributed by atoms with Gasteiger partial charge < -0.3 is 5.11 Å². The molecule has 3 fully saturated rings. The molecule has 1 N–H and O–H groups in total. The van der Waals surface area contributed by atoms with E-state index in [1.807, 2.05) is 0 Å². The molecule has 0 aliphatic heterocycles.